The summed E-state index contributed by atoms with van der Waals surface area (Å²) in [7, 11) is 2.04. The smallest absolute Gasteiger partial charge is 0.0404 e. The zero-order valence-corrected chi connectivity index (χ0v) is 6.99. The van der Waals surface area contributed by atoms with E-state index in [-0.39, 0.29) is 0 Å². The lowest BCUT2D eigenvalue weighted by atomic mass is 10.3. The SMILES string of the molecule is C/C=C\C=C/c1cccn1C. The third-order valence-corrected chi connectivity index (χ3v) is 1.55. The Morgan fingerprint density at radius 2 is 2.18 bits per heavy atom. The average molecular weight is 147 g/mol. The van der Waals surface area contributed by atoms with Crippen molar-refractivity contribution in [3.8, 4) is 0 Å². The van der Waals surface area contributed by atoms with Gasteiger partial charge >= 0.3 is 0 Å². The lowest BCUT2D eigenvalue weighted by Gasteiger charge is -1.93. The fourth-order valence-electron chi connectivity index (χ4n) is 0.913. The lowest BCUT2D eigenvalue weighted by Crippen LogP contribution is -1.85. The number of hydrogen-bond acceptors (Lipinski definition) is 0. The summed E-state index contributed by atoms with van der Waals surface area (Å²) < 4.78 is 2.08. The summed E-state index contributed by atoms with van der Waals surface area (Å²) in [6.45, 7) is 2.01. The number of nitrogens with zero attached hydrogens (tertiary/aromatic N) is 1. The first-order chi connectivity index (χ1) is 5.34. The molecule has 1 heterocycles. The third-order valence-electron chi connectivity index (χ3n) is 1.55. The topological polar surface area (TPSA) is 4.93 Å². The first-order valence-electron chi connectivity index (χ1n) is 3.75. The van der Waals surface area contributed by atoms with E-state index in [0.29, 0.717) is 0 Å². The van der Waals surface area contributed by atoms with E-state index in [4.69, 9.17) is 0 Å². The van der Waals surface area contributed by atoms with Crippen molar-refractivity contribution in [2.75, 3.05) is 0 Å². The van der Waals surface area contributed by atoms with Gasteiger partial charge in [0.1, 0.15) is 0 Å². The molecule has 0 aliphatic carbocycles. The van der Waals surface area contributed by atoms with E-state index in [2.05, 4.69) is 16.7 Å². The van der Waals surface area contributed by atoms with Crippen LogP contribution in [0, 0.1) is 0 Å². The predicted octanol–water partition coefficient (Wildman–Crippen LogP) is 2.61. The molecule has 0 amide bonds. The molecule has 0 saturated carbocycles. The highest BCUT2D eigenvalue weighted by Gasteiger charge is 1.87. The fourth-order valence-corrected chi connectivity index (χ4v) is 0.913. The molecule has 0 saturated heterocycles. The van der Waals surface area contributed by atoms with Gasteiger partial charge in [0.15, 0.2) is 0 Å². The molecule has 1 rings (SSSR count). The zero-order valence-electron chi connectivity index (χ0n) is 6.99. The Bertz CT molecular complexity index is 266. The average Bonchev–Trinajstić information content (AvgIpc) is 2.37. The predicted molar refractivity (Wildman–Crippen MR) is 49.3 cm³/mol. The van der Waals surface area contributed by atoms with E-state index in [9.17, 15) is 0 Å². The Labute approximate surface area is 67.7 Å². The second-order valence-electron chi connectivity index (χ2n) is 2.43. The summed E-state index contributed by atoms with van der Waals surface area (Å²) in [6.07, 6.45) is 10.2. The van der Waals surface area contributed by atoms with Crippen LogP contribution >= 0.6 is 0 Å². The van der Waals surface area contributed by atoms with E-state index >= 15 is 0 Å². The molecule has 0 aliphatic heterocycles. The monoisotopic (exact) mass is 147 g/mol. The van der Waals surface area contributed by atoms with Gasteiger partial charge in [0, 0.05) is 18.9 Å². The van der Waals surface area contributed by atoms with E-state index in [0.717, 1.165) is 0 Å². The van der Waals surface area contributed by atoms with Crippen molar-refractivity contribution in [1.29, 1.82) is 0 Å². The zero-order chi connectivity index (χ0) is 8.10. The molecule has 0 radical (unpaired) electrons. The summed E-state index contributed by atoms with van der Waals surface area (Å²) in [5.41, 5.74) is 1.23. The van der Waals surface area contributed by atoms with Crippen molar-refractivity contribution in [2.24, 2.45) is 7.05 Å². The standard InChI is InChI=1S/C10H13N/c1-3-4-5-7-10-8-6-9-11(10)2/h3-9H,1-2H3/b4-3-,7-5-. The summed E-state index contributed by atoms with van der Waals surface area (Å²) in [4.78, 5) is 0. The molecule has 0 spiro atoms. The van der Waals surface area contributed by atoms with Crippen LogP contribution in [0.15, 0.2) is 36.6 Å². The highest BCUT2D eigenvalue weighted by molar-refractivity contribution is 5.47. The van der Waals surface area contributed by atoms with Crippen LogP contribution in [0.1, 0.15) is 12.6 Å². The highest BCUT2D eigenvalue weighted by atomic mass is 14.9. The Morgan fingerprint density at radius 3 is 2.73 bits per heavy atom. The van der Waals surface area contributed by atoms with Crippen molar-refractivity contribution in [1.82, 2.24) is 4.57 Å². The first-order valence-corrected chi connectivity index (χ1v) is 3.75. The van der Waals surface area contributed by atoms with Crippen LogP contribution < -0.4 is 0 Å². The Morgan fingerprint density at radius 1 is 1.36 bits per heavy atom. The van der Waals surface area contributed by atoms with Gasteiger partial charge in [-0.2, -0.15) is 0 Å². The van der Waals surface area contributed by atoms with Gasteiger partial charge < -0.3 is 4.57 Å². The van der Waals surface area contributed by atoms with Crippen molar-refractivity contribution in [3.63, 3.8) is 0 Å². The molecule has 0 unspecified atom stereocenters. The van der Waals surface area contributed by atoms with Gasteiger partial charge in [-0.15, -0.1) is 0 Å². The van der Waals surface area contributed by atoms with E-state index in [1.54, 1.807) is 0 Å². The Kier molecular flexibility index (Phi) is 2.73. The van der Waals surface area contributed by atoms with Gasteiger partial charge in [-0.1, -0.05) is 18.2 Å². The Hall–Kier alpha value is -1.24. The molecular weight excluding hydrogens is 134 g/mol. The molecule has 1 aromatic heterocycles. The maximum Gasteiger partial charge on any atom is 0.0404 e. The summed E-state index contributed by atoms with van der Waals surface area (Å²) in [5.74, 6) is 0. The summed E-state index contributed by atoms with van der Waals surface area (Å²) >= 11 is 0. The molecule has 58 valence electrons. The summed E-state index contributed by atoms with van der Waals surface area (Å²) in [5, 5.41) is 0. The molecule has 1 heteroatoms. The van der Waals surface area contributed by atoms with Crippen LogP contribution in [-0.2, 0) is 7.05 Å². The molecule has 1 aromatic rings. The minimum absolute atomic E-state index is 1.23. The number of hydrogen-bond donors (Lipinski definition) is 0. The third kappa shape index (κ3) is 2.11. The molecule has 0 N–H and O–H groups in total. The fraction of sp³-hybridized carbons (Fsp3) is 0.200. The summed E-state index contributed by atoms with van der Waals surface area (Å²) in [6, 6.07) is 4.12. The molecule has 0 atom stereocenters. The van der Waals surface area contributed by atoms with Crippen LogP contribution in [0.25, 0.3) is 6.08 Å². The van der Waals surface area contributed by atoms with Gasteiger partial charge in [0.25, 0.3) is 0 Å². The maximum absolute atomic E-state index is 2.08. The van der Waals surface area contributed by atoms with Crippen LogP contribution in [-0.4, -0.2) is 4.57 Å². The molecule has 11 heavy (non-hydrogen) atoms. The van der Waals surface area contributed by atoms with E-state index in [1.807, 2.05) is 44.5 Å². The van der Waals surface area contributed by atoms with Crippen LogP contribution in [0.4, 0.5) is 0 Å². The number of rotatable bonds is 2. The minimum atomic E-state index is 1.23. The van der Waals surface area contributed by atoms with Gasteiger partial charge in [-0.25, -0.2) is 0 Å². The molecular formula is C10H13N. The number of allylic oxidation sites excluding steroid dienone is 3. The molecule has 0 bridgehead atoms. The first kappa shape index (κ1) is 7.86. The van der Waals surface area contributed by atoms with Crippen molar-refractivity contribution >= 4 is 6.08 Å². The van der Waals surface area contributed by atoms with E-state index < -0.39 is 0 Å². The minimum Gasteiger partial charge on any atom is -0.351 e. The maximum atomic E-state index is 2.08. The lowest BCUT2D eigenvalue weighted by molar-refractivity contribution is 0.915. The van der Waals surface area contributed by atoms with Gasteiger partial charge in [-0.05, 0) is 25.1 Å². The second-order valence-corrected chi connectivity index (χ2v) is 2.43. The quantitative estimate of drug-likeness (QED) is 0.567. The Balaban J connectivity index is 2.71. The largest absolute Gasteiger partial charge is 0.351 e. The van der Waals surface area contributed by atoms with Crippen molar-refractivity contribution < 1.29 is 0 Å². The van der Waals surface area contributed by atoms with Gasteiger partial charge in [0.2, 0.25) is 0 Å². The normalized spacial score (nSPS) is 11.8. The van der Waals surface area contributed by atoms with Crippen molar-refractivity contribution in [2.45, 2.75) is 6.92 Å². The van der Waals surface area contributed by atoms with Crippen molar-refractivity contribution in [3.05, 3.63) is 42.3 Å². The van der Waals surface area contributed by atoms with Crippen LogP contribution in [0.3, 0.4) is 0 Å². The van der Waals surface area contributed by atoms with E-state index in [1.165, 1.54) is 5.69 Å². The van der Waals surface area contributed by atoms with Crippen LogP contribution in [0.2, 0.25) is 0 Å². The number of aromatic nitrogens is 1. The molecule has 1 nitrogen and oxygen atoms in total. The molecule has 0 aromatic carbocycles. The van der Waals surface area contributed by atoms with Gasteiger partial charge in [-0.3, -0.25) is 0 Å². The number of aryl methyl sites for hydroxylation is 1. The highest BCUT2D eigenvalue weighted by Crippen LogP contribution is 2.01. The molecule has 0 fully saturated rings. The molecule has 0 aliphatic rings. The van der Waals surface area contributed by atoms with Crippen LogP contribution in [0.5, 0.6) is 0 Å². The van der Waals surface area contributed by atoms with Gasteiger partial charge in [0.05, 0.1) is 0 Å². The second kappa shape index (κ2) is 3.81.